The molecular weight excluding hydrogens is 192 g/mol. The van der Waals surface area contributed by atoms with Crippen molar-refractivity contribution < 1.29 is 4.79 Å². The Morgan fingerprint density at radius 1 is 1.62 bits per heavy atom. The van der Waals surface area contributed by atoms with E-state index in [2.05, 4.69) is 10.1 Å². The summed E-state index contributed by atoms with van der Waals surface area (Å²) in [5, 5.41) is 3.92. The number of hydrogen-bond donors (Lipinski definition) is 1. The van der Waals surface area contributed by atoms with E-state index in [1.165, 1.54) is 10.7 Å². The van der Waals surface area contributed by atoms with Crippen LogP contribution in [0.25, 0.3) is 5.65 Å². The third-order valence-electron chi connectivity index (χ3n) is 1.61. The Balaban J connectivity index is 2.64. The summed E-state index contributed by atoms with van der Waals surface area (Å²) in [5.74, 6) is -0.407. The fraction of sp³-hybridized carbons (Fsp3) is 0. The van der Waals surface area contributed by atoms with Gasteiger partial charge in [0.1, 0.15) is 5.56 Å². The van der Waals surface area contributed by atoms with Gasteiger partial charge in [-0.2, -0.15) is 5.10 Å². The molecule has 0 aliphatic carbocycles. The number of halogens is 1. The number of amides is 1. The van der Waals surface area contributed by atoms with Gasteiger partial charge in [-0.25, -0.2) is 9.50 Å². The quantitative estimate of drug-likeness (QED) is 0.680. The molecule has 6 heteroatoms. The van der Waals surface area contributed by atoms with Crippen LogP contribution < -0.4 is 4.84 Å². The molecule has 2 heterocycles. The smallest absolute Gasteiger partial charge is 0.268 e. The van der Waals surface area contributed by atoms with Crippen LogP contribution in [0.3, 0.4) is 0 Å². The monoisotopic (exact) mass is 196 g/mol. The first-order valence-corrected chi connectivity index (χ1v) is 3.90. The molecule has 0 radical (unpaired) electrons. The summed E-state index contributed by atoms with van der Waals surface area (Å²) >= 11 is 5.18. The molecule has 0 saturated carbocycles. The second-order valence-electron chi connectivity index (χ2n) is 2.37. The van der Waals surface area contributed by atoms with E-state index < -0.39 is 5.91 Å². The summed E-state index contributed by atoms with van der Waals surface area (Å²) in [6.45, 7) is 0. The number of fused-ring (bicyclic) bond motifs is 1. The third kappa shape index (κ3) is 1.23. The van der Waals surface area contributed by atoms with Crippen LogP contribution in [-0.4, -0.2) is 20.5 Å². The van der Waals surface area contributed by atoms with Crippen molar-refractivity contribution in [2.24, 2.45) is 0 Å². The molecule has 2 aromatic heterocycles. The minimum absolute atomic E-state index is 0.357. The van der Waals surface area contributed by atoms with Gasteiger partial charge in [-0.05, 0) is 6.07 Å². The van der Waals surface area contributed by atoms with Crippen LogP contribution in [-0.2, 0) is 0 Å². The van der Waals surface area contributed by atoms with E-state index >= 15 is 0 Å². The van der Waals surface area contributed by atoms with Gasteiger partial charge in [0.05, 0.1) is 6.20 Å². The summed E-state index contributed by atoms with van der Waals surface area (Å²) in [5.41, 5.74) is 0.844. The van der Waals surface area contributed by atoms with Crippen molar-refractivity contribution in [3.8, 4) is 0 Å². The molecule has 0 aliphatic heterocycles. The van der Waals surface area contributed by atoms with Gasteiger partial charge in [0.2, 0.25) is 0 Å². The van der Waals surface area contributed by atoms with Crippen LogP contribution in [0.5, 0.6) is 0 Å². The molecular formula is C7H5ClN4O. The summed E-state index contributed by atoms with van der Waals surface area (Å²) < 4.78 is 1.50. The lowest BCUT2D eigenvalue weighted by Crippen LogP contribution is -2.12. The largest absolute Gasteiger partial charge is 0.271 e. The molecule has 0 aromatic carbocycles. The average molecular weight is 197 g/mol. The Bertz CT molecular complexity index is 452. The van der Waals surface area contributed by atoms with Gasteiger partial charge in [0.15, 0.2) is 5.65 Å². The lowest BCUT2D eigenvalue weighted by atomic mass is 10.3. The molecule has 2 rings (SSSR count). The van der Waals surface area contributed by atoms with Crippen molar-refractivity contribution in [2.75, 3.05) is 0 Å². The Hall–Kier alpha value is -1.62. The maximum atomic E-state index is 11.2. The van der Waals surface area contributed by atoms with Gasteiger partial charge in [-0.1, -0.05) is 0 Å². The molecule has 0 atom stereocenters. The first-order chi connectivity index (χ1) is 6.33. The third-order valence-corrected chi connectivity index (χ3v) is 1.78. The van der Waals surface area contributed by atoms with Gasteiger partial charge in [-0.15, -0.1) is 0 Å². The first-order valence-electron chi connectivity index (χ1n) is 3.52. The molecule has 0 unspecified atom stereocenters. The van der Waals surface area contributed by atoms with Gasteiger partial charge < -0.3 is 0 Å². The highest BCUT2D eigenvalue weighted by atomic mass is 35.5. The number of nitrogens with one attached hydrogen (secondary N) is 1. The van der Waals surface area contributed by atoms with Crippen LogP contribution in [0.4, 0.5) is 0 Å². The molecule has 1 amide bonds. The molecule has 0 saturated heterocycles. The second-order valence-corrected chi connectivity index (χ2v) is 2.56. The fourth-order valence-corrected chi connectivity index (χ4v) is 1.14. The van der Waals surface area contributed by atoms with Crippen LogP contribution in [0, 0.1) is 0 Å². The van der Waals surface area contributed by atoms with Gasteiger partial charge >= 0.3 is 0 Å². The zero-order valence-electron chi connectivity index (χ0n) is 6.44. The number of hydrogen-bond acceptors (Lipinski definition) is 3. The van der Waals surface area contributed by atoms with E-state index in [0.29, 0.717) is 11.2 Å². The van der Waals surface area contributed by atoms with Crippen molar-refractivity contribution in [1.29, 1.82) is 0 Å². The standard InChI is InChI=1S/C7H5ClN4O/c8-11-7(13)5-4-10-12-3-1-2-9-6(5)12/h1-4H,(H,11,13). The van der Waals surface area contributed by atoms with Gasteiger partial charge in [-0.3, -0.25) is 9.63 Å². The second kappa shape index (κ2) is 3.02. The minimum atomic E-state index is -0.407. The molecule has 1 N–H and O–H groups in total. The summed E-state index contributed by atoms with van der Waals surface area (Å²) in [6, 6.07) is 1.72. The van der Waals surface area contributed by atoms with E-state index in [4.69, 9.17) is 11.8 Å². The Kier molecular flexibility index (Phi) is 1.86. The predicted octanol–water partition coefficient (Wildman–Crippen LogP) is 0.613. The number of carbonyl (C=O) groups excluding carboxylic acids is 1. The number of rotatable bonds is 1. The molecule has 0 bridgehead atoms. The molecule has 66 valence electrons. The molecule has 2 aromatic rings. The van der Waals surface area contributed by atoms with Gasteiger partial charge in [0.25, 0.3) is 5.91 Å². The Morgan fingerprint density at radius 2 is 2.46 bits per heavy atom. The molecule has 13 heavy (non-hydrogen) atoms. The number of nitrogens with zero attached hydrogens (tertiary/aromatic N) is 3. The van der Waals surface area contributed by atoms with Crippen LogP contribution in [0.2, 0.25) is 0 Å². The van der Waals surface area contributed by atoms with Crippen LogP contribution in [0.1, 0.15) is 10.4 Å². The number of aromatic nitrogens is 3. The van der Waals surface area contributed by atoms with E-state index in [1.807, 2.05) is 4.84 Å². The van der Waals surface area contributed by atoms with E-state index in [-0.39, 0.29) is 0 Å². The van der Waals surface area contributed by atoms with Gasteiger partial charge in [0, 0.05) is 24.2 Å². The lowest BCUT2D eigenvalue weighted by Gasteiger charge is -1.93. The summed E-state index contributed by atoms with van der Waals surface area (Å²) in [7, 11) is 0. The summed E-state index contributed by atoms with van der Waals surface area (Å²) in [4.78, 5) is 17.1. The van der Waals surface area contributed by atoms with Crippen LogP contribution >= 0.6 is 11.8 Å². The first kappa shape index (κ1) is 8.00. The van der Waals surface area contributed by atoms with Crippen molar-refractivity contribution in [2.45, 2.75) is 0 Å². The molecule has 0 spiro atoms. The Labute approximate surface area is 78.4 Å². The maximum absolute atomic E-state index is 11.2. The maximum Gasteiger partial charge on any atom is 0.271 e. The highest BCUT2D eigenvalue weighted by molar-refractivity contribution is 6.25. The SMILES string of the molecule is O=C(NCl)c1cnn2cccnc12. The zero-order chi connectivity index (χ0) is 9.26. The normalized spacial score (nSPS) is 10.2. The van der Waals surface area contributed by atoms with Crippen molar-refractivity contribution >= 4 is 23.3 Å². The highest BCUT2D eigenvalue weighted by Gasteiger charge is 2.11. The predicted molar refractivity (Wildman–Crippen MR) is 46.3 cm³/mol. The van der Waals surface area contributed by atoms with E-state index in [1.54, 1.807) is 18.5 Å². The van der Waals surface area contributed by atoms with Crippen molar-refractivity contribution in [3.05, 3.63) is 30.2 Å². The lowest BCUT2D eigenvalue weighted by molar-refractivity contribution is 0.0983. The summed E-state index contributed by atoms with van der Waals surface area (Å²) in [6.07, 6.45) is 4.70. The fourth-order valence-electron chi connectivity index (χ4n) is 1.04. The molecule has 0 aliphatic rings. The van der Waals surface area contributed by atoms with Crippen molar-refractivity contribution in [1.82, 2.24) is 19.4 Å². The van der Waals surface area contributed by atoms with E-state index in [9.17, 15) is 4.79 Å². The minimum Gasteiger partial charge on any atom is -0.268 e. The number of carbonyl (C=O) groups is 1. The average Bonchev–Trinajstić information content (AvgIpc) is 2.60. The molecule has 0 fully saturated rings. The zero-order valence-corrected chi connectivity index (χ0v) is 7.19. The molecule has 5 nitrogen and oxygen atoms in total. The van der Waals surface area contributed by atoms with E-state index in [0.717, 1.165) is 0 Å². The van der Waals surface area contributed by atoms with Crippen LogP contribution in [0.15, 0.2) is 24.7 Å². The van der Waals surface area contributed by atoms with Crippen molar-refractivity contribution in [3.63, 3.8) is 0 Å². The highest BCUT2D eigenvalue weighted by Crippen LogP contribution is 2.06. The topological polar surface area (TPSA) is 59.3 Å². The Morgan fingerprint density at radius 3 is 3.23 bits per heavy atom.